The number of ketones is 1. The van der Waals surface area contributed by atoms with E-state index in [0.29, 0.717) is 11.7 Å². The molecule has 1 aromatic carbocycles. The van der Waals surface area contributed by atoms with Gasteiger partial charge in [0.1, 0.15) is 11.5 Å². The van der Waals surface area contributed by atoms with Crippen molar-refractivity contribution in [1.82, 2.24) is 0 Å². The quantitative estimate of drug-likeness (QED) is 0.738. The third-order valence-electron chi connectivity index (χ3n) is 4.55. The van der Waals surface area contributed by atoms with Crippen LogP contribution in [-0.4, -0.2) is 12.9 Å². The van der Waals surface area contributed by atoms with E-state index in [1.807, 2.05) is 18.2 Å². The molecule has 2 nitrogen and oxygen atoms in total. The summed E-state index contributed by atoms with van der Waals surface area (Å²) in [6.07, 6.45) is 6.81. The number of rotatable bonds is 6. The van der Waals surface area contributed by atoms with Gasteiger partial charge >= 0.3 is 0 Å². The number of ether oxygens (including phenoxy) is 1. The highest BCUT2D eigenvalue weighted by molar-refractivity contribution is 5.88. The van der Waals surface area contributed by atoms with Gasteiger partial charge in [-0.3, -0.25) is 4.79 Å². The van der Waals surface area contributed by atoms with Gasteiger partial charge in [0.05, 0.1) is 7.11 Å². The molecule has 0 heterocycles. The normalized spacial score (nSPS) is 17.7. The Bertz CT molecular complexity index is 458. The highest BCUT2D eigenvalue weighted by Gasteiger charge is 2.29. The molecule has 1 aromatic rings. The van der Waals surface area contributed by atoms with E-state index in [-0.39, 0.29) is 11.8 Å². The molecule has 1 fully saturated rings. The monoisotopic (exact) mass is 288 g/mol. The second-order valence-electron chi connectivity index (χ2n) is 6.70. The van der Waals surface area contributed by atoms with Crippen LogP contribution in [0.3, 0.4) is 0 Å². The minimum atomic E-state index is 0.0307. The summed E-state index contributed by atoms with van der Waals surface area (Å²) in [6, 6.07) is 8.06. The Hall–Kier alpha value is -1.31. The molecule has 0 aromatic heterocycles. The molecule has 1 saturated carbocycles. The lowest BCUT2D eigenvalue weighted by Gasteiger charge is -2.27. The fourth-order valence-corrected chi connectivity index (χ4v) is 3.42. The van der Waals surface area contributed by atoms with Gasteiger partial charge in [-0.15, -0.1) is 0 Å². The van der Waals surface area contributed by atoms with Crippen molar-refractivity contribution in [3.8, 4) is 5.75 Å². The van der Waals surface area contributed by atoms with E-state index in [4.69, 9.17) is 4.74 Å². The van der Waals surface area contributed by atoms with Crippen molar-refractivity contribution in [2.45, 2.75) is 58.3 Å². The third-order valence-corrected chi connectivity index (χ3v) is 4.55. The summed E-state index contributed by atoms with van der Waals surface area (Å²) in [6.45, 7) is 4.39. The van der Waals surface area contributed by atoms with E-state index in [1.54, 1.807) is 7.11 Å². The zero-order valence-electron chi connectivity index (χ0n) is 13.6. The van der Waals surface area contributed by atoms with Gasteiger partial charge in [-0.05, 0) is 42.9 Å². The van der Waals surface area contributed by atoms with Crippen LogP contribution >= 0.6 is 0 Å². The van der Waals surface area contributed by atoms with Crippen molar-refractivity contribution in [2.75, 3.05) is 7.11 Å². The molecular formula is C19H28O2. The maximum atomic E-state index is 13.0. The molecule has 1 aliphatic rings. The molecule has 0 bridgehead atoms. The largest absolute Gasteiger partial charge is 0.497 e. The average molecular weight is 288 g/mol. The summed E-state index contributed by atoms with van der Waals surface area (Å²) in [5, 5.41) is 0. The lowest BCUT2D eigenvalue weighted by molar-refractivity contribution is -0.125. The minimum absolute atomic E-state index is 0.0307. The van der Waals surface area contributed by atoms with Gasteiger partial charge in [0.25, 0.3) is 0 Å². The van der Waals surface area contributed by atoms with Gasteiger partial charge in [-0.25, -0.2) is 0 Å². The summed E-state index contributed by atoms with van der Waals surface area (Å²) in [4.78, 5) is 13.0. The molecule has 1 aliphatic carbocycles. The Balaban J connectivity index is 2.21. The Morgan fingerprint density at radius 2 is 1.95 bits per heavy atom. The van der Waals surface area contributed by atoms with Crippen LogP contribution in [0.5, 0.6) is 5.75 Å². The lowest BCUT2D eigenvalue weighted by Crippen LogP contribution is -2.25. The van der Waals surface area contributed by atoms with Gasteiger partial charge in [0.2, 0.25) is 0 Å². The molecule has 0 aliphatic heterocycles. The number of hydrogen-bond acceptors (Lipinski definition) is 2. The molecule has 0 amide bonds. The first-order valence-electron chi connectivity index (χ1n) is 8.29. The van der Waals surface area contributed by atoms with Crippen LogP contribution in [0.2, 0.25) is 0 Å². The van der Waals surface area contributed by atoms with E-state index in [2.05, 4.69) is 19.9 Å². The van der Waals surface area contributed by atoms with E-state index in [1.165, 1.54) is 19.3 Å². The first-order valence-corrected chi connectivity index (χ1v) is 8.29. The predicted octanol–water partition coefficient (Wildman–Crippen LogP) is 4.97. The van der Waals surface area contributed by atoms with Gasteiger partial charge in [0, 0.05) is 11.8 Å². The number of methoxy groups -OCH3 is 1. The van der Waals surface area contributed by atoms with Crippen LogP contribution in [0.25, 0.3) is 0 Å². The van der Waals surface area contributed by atoms with Crippen LogP contribution in [0.1, 0.15) is 63.9 Å². The number of hydrogen-bond donors (Lipinski definition) is 0. The van der Waals surface area contributed by atoms with Crippen LogP contribution in [0.15, 0.2) is 24.3 Å². The SMILES string of the molecule is COc1cccc(C(CC(C)C)C(=O)C2CCCCC2)c1. The summed E-state index contributed by atoms with van der Waals surface area (Å²) in [5.74, 6) is 2.12. The molecule has 2 rings (SSSR count). The van der Waals surface area contributed by atoms with Gasteiger partial charge in [0.15, 0.2) is 0 Å². The minimum Gasteiger partial charge on any atom is -0.497 e. The second-order valence-corrected chi connectivity index (χ2v) is 6.70. The van der Waals surface area contributed by atoms with Crippen LogP contribution < -0.4 is 4.74 Å². The number of carbonyl (C=O) groups excluding carboxylic acids is 1. The van der Waals surface area contributed by atoms with Crippen molar-refractivity contribution in [1.29, 1.82) is 0 Å². The van der Waals surface area contributed by atoms with Crippen LogP contribution in [0.4, 0.5) is 0 Å². The summed E-state index contributed by atoms with van der Waals surface area (Å²) in [5.41, 5.74) is 1.12. The molecule has 0 spiro atoms. The summed E-state index contributed by atoms with van der Waals surface area (Å²) in [7, 11) is 1.68. The second kappa shape index (κ2) is 7.63. The zero-order chi connectivity index (χ0) is 15.2. The van der Waals surface area contributed by atoms with Crippen molar-refractivity contribution in [2.24, 2.45) is 11.8 Å². The number of carbonyl (C=O) groups is 1. The summed E-state index contributed by atoms with van der Waals surface area (Å²) >= 11 is 0. The first kappa shape index (κ1) is 16.1. The molecule has 116 valence electrons. The average Bonchev–Trinajstić information content (AvgIpc) is 2.52. The maximum absolute atomic E-state index is 13.0. The highest BCUT2D eigenvalue weighted by atomic mass is 16.5. The Kier molecular flexibility index (Phi) is 5.84. The third kappa shape index (κ3) is 4.33. The van der Waals surface area contributed by atoms with Gasteiger partial charge in [-0.1, -0.05) is 45.2 Å². The number of benzene rings is 1. The molecule has 0 saturated heterocycles. The van der Waals surface area contributed by atoms with E-state index in [0.717, 1.165) is 30.6 Å². The van der Waals surface area contributed by atoms with Crippen molar-refractivity contribution in [3.63, 3.8) is 0 Å². The van der Waals surface area contributed by atoms with E-state index < -0.39 is 0 Å². The molecule has 2 heteroatoms. The lowest BCUT2D eigenvalue weighted by atomic mass is 9.77. The molecule has 1 unspecified atom stereocenters. The Labute approximate surface area is 128 Å². The molecule has 21 heavy (non-hydrogen) atoms. The smallest absolute Gasteiger partial charge is 0.143 e. The van der Waals surface area contributed by atoms with E-state index in [9.17, 15) is 4.79 Å². The number of Topliss-reactive ketones (excluding diaryl/α,β-unsaturated/α-hetero) is 1. The van der Waals surface area contributed by atoms with Crippen molar-refractivity contribution >= 4 is 5.78 Å². The zero-order valence-corrected chi connectivity index (χ0v) is 13.6. The van der Waals surface area contributed by atoms with Crippen molar-refractivity contribution < 1.29 is 9.53 Å². The molecular weight excluding hydrogens is 260 g/mol. The van der Waals surface area contributed by atoms with Crippen LogP contribution in [0, 0.1) is 11.8 Å². The highest BCUT2D eigenvalue weighted by Crippen LogP contribution is 2.34. The molecule has 0 radical (unpaired) electrons. The summed E-state index contributed by atoms with van der Waals surface area (Å²) < 4.78 is 5.32. The topological polar surface area (TPSA) is 26.3 Å². The fourth-order valence-electron chi connectivity index (χ4n) is 3.42. The molecule has 0 N–H and O–H groups in total. The Morgan fingerprint density at radius 3 is 2.57 bits per heavy atom. The fraction of sp³-hybridized carbons (Fsp3) is 0.632. The first-order chi connectivity index (χ1) is 10.1. The predicted molar refractivity (Wildman–Crippen MR) is 86.8 cm³/mol. The van der Waals surface area contributed by atoms with Gasteiger partial charge in [-0.2, -0.15) is 0 Å². The molecule has 1 atom stereocenters. The Morgan fingerprint density at radius 1 is 1.24 bits per heavy atom. The van der Waals surface area contributed by atoms with Crippen molar-refractivity contribution in [3.05, 3.63) is 29.8 Å². The standard InChI is InChI=1S/C19H28O2/c1-14(2)12-18(16-10-7-11-17(13-16)21-3)19(20)15-8-5-4-6-9-15/h7,10-11,13-15,18H,4-6,8-9,12H2,1-3H3. The van der Waals surface area contributed by atoms with E-state index >= 15 is 0 Å². The maximum Gasteiger partial charge on any atom is 0.143 e. The van der Waals surface area contributed by atoms with Crippen LogP contribution in [-0.2, 0) is 4.79 Å². The van der Waals surface area contributed by atoms with Gasteiger partial charge < -0.3 is 4.74 Å².